The molecule has 2 unspecified atom stereocenters. The molecule has 0 aliphatic heterocycles. The summed E-state index contributed by atoms with van der Waals surface area (Å²) in [5.74, 6) is 1.07. The van der Waals surface area contributed by atoms with Crippen molar-refractivity contribution in [1.29, 1.82) is 0 Å². The first-order valence-corrected chi connectivity index (χ1v) is 14.1. The highest BCUT2D eigenvalue weighted by Gasteiger charge is 2.28. The fourth-order valence-corrected chi connectivity index (χ4v) is 5.71. The zero-order valence-electron chi connectivity index (χ0n) is 24.5. The average Bonchev–Trinajstić information content (AvgIpc) is 2.91. The minimum atomic E-state index is 0.223. The number of allylic oxidation sites excluding steroid dienone is 5. The van der Waals surface area contributed by atoms with Gasteiger partial charge in [0.25, 0.3) is 0 Å². The first-order valence-electron chi connectivity index (χ1n) is 14.1. The smallest absolute Gasteiger partial charge is 0.133 e. The van der Waals surface area contributed by atoms with Gasteiger partial charge in [-0.1, -0.05) is 68.0 Å². The van der Waals surface area contributed by atoms with Crippen LogP contribution in [0.2, 0.25) is 0 Å². The Morgan fingerprint density at radius 3 is 2.56 bits per heavy atom. The standard InChI is InChI=1S/C35H45N3O/c1-8-27(24-38(6)7)29-15-11-16-30(22-29)34-20-19-33(31(23-36-5)21-25(2)3)35(37-34)18-12-14-28-13-9-10-17-32(28)26(4)39/h8,11,15-16,19-24,28,32H,1-2,9-10,12-14,17-18H2,3-7H3/b27-24+,31-21+,36-23-. The van der Waals surface area contributed by atoms with E-state index in [9.17, 15) is 4.79 Å². The van der Waals surface area contributed by atoms with Gasteiger partial charge < -0.3 is 4.90 Å². The van der Waals surface area contributed by atoms with Crippen molar-refractivity contribution >= 4 is 23.1 Å². The highest BCUT2D eigenvalue weighted by molar-refractivity contribution is 6.10. The molecular formula is C35H45N3O. The number of carbonyl (C=O) groups excluding carboxylic acids is 1. The van der Waals surface area contributed by atoms with Gasteiger partial charge in [0.05, 0.1) is 5.69 Å². The molecule has 0 amide bonds. The molecule has 0 saturated heterocycles. The Balaban J connectivity index is 1.98. The third-order valence-electron chi connectivity index (χ3n) is 7.48. The summed E-state index contributed by atoms with van der Waals surface area (Å²) >= 11 is 0. The molecule has 0 spiro atoms. The predicted molar refractivity (Wildman–Crippen MR) is 168 cm³/mol. The second-order valence-corrected chi connectivity index (χ2v) is 11.0. The van der Waals surface area contributed by atoms with E-state index in [2.05, 4.69) is 66.8 Å². The van der Waals surface area contributed by atoms with E-state index in [4.69, 9.17) is 4.98 Å². The van der Waals surface area contributed by atoms with E-state index in [-0.39, 0.29) is 5.92 Å². The number of aryl methyl sites for hydroxylation is 1. The number of aliphatic imine (C=N–C) groups is 1. The van der Waals surface area contributed by atoms with Crippen molar-refractivity contribution in [2.45, 2.75) is 58.8 Å². The van der Waals surface area contributed by atoms with Crippen molar-refractivity contribution in [3.63, 3.8) is 0 Å². The Labute approximate surface area is 236 Å². The van der Waals surface area contributed by atoms with E-state index in [1.165, 1.54) is 12.8 Å². The first kappa shape index (κ1) is 30.0. The molecule has 1 fully saturated rings. The number of hydrogen-bond acceptors (Lipinski definition) is 4. The molecule has 3 rings (SSSR count). The Morgan fingerprint density at radius 2 is 1.90 bits per heavy atom. The summed E-state index contributed by atoms with van der Waals surface area (Å²) in [5, 5.41) is 0. The number of carbonyl (C=O) groups is 1. The van der Waals surface area contributed by atoms with Crippen LogP contribution < -0.4 is 0 Å². The van der Waals surface area contributed by atoms with Crippen LogP contribution >= 0.6 is 0 Å². The highest BCUT2D eigenvalue weighted by atomic mass is 16.1. The molecule has 1 aliphatic carbocycles. The number of hydrogen-bond donors (Lipinski definition) is 0. The molecule has 1 saturated carbocycles. The van der Waals surface area contributed by atoms with E-state index in [0.717, 1.165) is 76.9 Å². The second kappa shape index (κ2) is 14.6. The monoisotopic (exact) mass is 523 g/mol. The molecule has 2 aromatic rings. The summed E-state index contributed by atoms with van der Waals surface area (Å²) in [7, 11) is 5.83. The van der Waals surface area contributed by atoms with Gasteiger partial charge >= 0.3 is 0 Å². The second-order valence-electron chi connectivity index (χ2n) is 11.0. The molecule has 4 heteroatoms. The van der Waals surface area contributed by atoms with E-state index in [1.54, 1.807) is 14.0 Å². The van der Waals surface area contributed by atoms with Crippen molar-refractivity contribution in [3.8, 4) is 11.3 Å². The lowest BCUT2D eigenvalue weighted by Crippen LogP contribution is -2.25. The number of pyridine rings is 1. The zero-order chi connectivity index (χ0) is 28.4. The van der Waals surface area contributed by atoms with Gasteiger partial charge in [-0.2, -0.15) is 0 Å². The summed E-state index contributed by atoms with van der Waals surface area (Å²) in [6.45, 7) is 11.9. The zero-order valence-corrected chi connectivity index (χ0v) is 24.5. The van der Waals surface area contributed by atoms with Crippen LogP contribution in [0, 0.1) is 11.8 Å². The molecule has 2 atom stereocenters. The molecule has 0 bridgehead atoms. The Bertz CT molecular complexity index is 1260. The van der Waals surface area contributed by atoms with Crippen LogP contribution in [-0.4, -0.2) is 43.0 Å². The van der Waals surface area contributed by atoms with Gasteiger partial charge in [0, 0.05) is 61.9 Å². The molecule has 4 nitrogen and oxygen atoms in total. The maximum atomic E-state index is 12.3. The molecular weight excluding hydrogens is 478 g/mol. The molecule has 1 aliphatic rings. The average molecular weight is 524 g/mol. The summed E-state index contributed by atoms with van der Waals surface area (Å²) in [4.78, 5) is 23.8. The largest absolute Gasteiger partial charge is 0.383 e. The molecule has 1 aromatic heterocycles. The number of aromatic nitrogens is 1. The lowest BCUT2D eigenvalue weighted by atomic mass is 9.75. The quantitative estimate of drug-likeness (QED) is 0.208. The Kier molecular flexibility index (Phi) is 11.2. The maximum absolute atomic E-state index is 12.3. The van der Waals surface area contributed by atoms with Crippen LogP contribution in [0.1, 0.15) is 69.2 Å². The Morgan fingerprint density at radius 1 is 1.13 bits per heavy atom. The number of nitrogens with zero attached hydrogens (tertiary/aromatic N) is 3. The van der Waals surface area contributed by atoms with Crippen molar-refractivity contribution in [3.05, 3.63) is 90.3 Å². The fourth-order valence-electron chi connectivity index (χ4n) is 5.71. The van der Waals surface area contributed by atoms with Gasteiger partial charge in [-0.05, 0) is 75.1 Å². The topological polar surface area (TPSA) is 45.6 Å². The summed E-state index contributed by atoms with van der Waals surface area (Å²) in [6, 6.07) is 12.8. The summed E-state index contributed by atoms with van der Waals surface area (Å²) < 4.78 is 0. The number of ketones is 1. The van der Waals surface area contributed by atoms with Crippen LogP contribution in [0.25, 0.3) is 22.4 Å². The van der Waals surface area contributed by atoms with Crippen molar-refractivity contribution < 1.29 is 4.79 Å². The van der Waals surface area contributed by atoms with Crippen molar-refractivity contribution in [2.24, 2.45) is 16.8 Å². The van der Waals surface area contributed by atoms with Gasteiger partial charge in [-0.3, -0.25) is 14.8 Å². The number of Topliss-reactive ketones (excluding diaryl/α,β-unsaturated/α-hetero) is 1. The van der Waals surface area contributed by atoms with Gasteiger partial charge in [0.2, 0.25) is 0 Å². The third-order valence-corrected chi connectivity index (χ3v) is 7.48. The van der Waals surface area contributed by atoms with Gasteiger partial charge in [0.1, 0.15) is 5.78 Å². The lowest BCUT2D eigenvalue weighted by molar-refractivity contribution is -0.123. The lowest BCUT2D eigenvalue weighted by Gasteiger charge is -2.29. The summed E-state index contributed by atoms with van der Waals surface area (Å²) in [6.07, 6.45) is 15.5. The van der Waals surface area contributed by atoms with Crippen LogP contribution in [0.3, 0.4) is 0 Å². The van der Waals surface area contributed by atoms with Crippen LogP contribution in [0.5, 0.6) is 0 Å². The fraction of sp³-hybridized carbons (Fsp3) is 0.400. The van der Waals surface area contributed by atoms with Crippen LogP contribution in [-0.2, 0) is 11.2 Å². The minimum Gasteiger partial charge on any atom is -0.383 e. The van der Waals surface area contributed by atoms with E-state index >= 15 is 0 Å². The third kappa shape index (κ3) is 8.48. The van der Waals surface area contributed by atoms with E-state index < -0.39 is 0 Å². The first-order chi connectivity index (χ1) is 18.7. The normalized spacial score (nSPS) is 18.3. The van der Waals surface area contributed by atoms with Crippen molar-refractivity contribution in [2.75, 3.05) is 21.1 Å². The van der Waals surface area contributed by atoms with Crippen molar-refractivity contribution in [1.82, 2.24) is 9.88 Å². The summed E-state index contributed by atoms with van der Waals surface area (Å²) in [5.41, 5.74) is 8.35. The molecule has 1 aromatic carbocycles. The van der Waals surface area contributed by atoms with Gasteiger partial charge in [-0.15, -0.1) is 0 Å². The number of rotatable bonds is 12. The molecule has 0 N–H and O–H groups in total. The molecule has 1 heterocycles. The number of benzene rings is 1. The van der Waals surface area contributed by atoms with Crippen LogP contribution in [0.15, 0.2) is 78.5 Å². The van der Waals surface area contributed by atoms with E-state index in [0.29, 0.717) is 11.7 Å². The van der Waals surface area contributed by atoms with Crippen LogP contribution in [0.4, 0.5) is 0 Å². The Hall–Kier alpha value is -3.53. The predicted octanol–water partition coefficient (Wildman–Crippen LogP) is 8.22. The molecule has 206 valence electrons. The molecule has 0 radical (unpaired) electrons. The molecule has 39 heavy (non-hydrogen) atoms. The maximum Gasteiger partial charge on any atom is 0.133 e. The van der Waals surface area contributed by atoms with Gasteiger partial charge in [-0.25, -0.2) is 0 Å². The minimum absolute atomic E-state index is 0.223. The van der Waals surface area contributed by atoms with E-state index in [1.807, 2.05) is 38.2 Å². The van der Waals surface area contributed by atoms with Gasteiger partial charge in [0.15, 0.2) is 0 Å². The SMILES string of the molecule is C=C/C(=C\N(C)C)c1cccc(-c2ccc(C(/C=N\C)=C/C(=C)C)c(CCCC3CCCCC3C(C)=O)n2)c1. The highest BCUT2D eigenvalue weighted by Crippen LogP contribution is 2.35.